The molecule has 0 N–H and O–H groups in total. The highest BCUT2D eigenvalue weighted by Gasteiger charge is 2.17. The molecular formula is C52H33N3. The number of hydrogen-bond acceptors (Lipinski definition) is 2. The SMILES string of the molecule is c1ccc(-n2c3cc(-c4ccc5ccc(-c6cccnc6)cc5c4)ccc3c3ccc4cc(-c5ccc6ccc(-c7cccnc7)cc6c5)ccc4c32)cc1. The molecule has 0 unspecified atom stereocenters. The van der Waals surface area contributed by atoms with Crippen molar-refractivity contribution in [3.8, 4) is 50.2 Å². The van der Waals surface area contributed by atoms with Crippen LogP contribution in [0.15, 0.2) is 201 Å². The molecule has 8 aromatic carbocycles. The number of pyridine rings is 2. The van der Waals surface area contributed by atoms with Crippen LogP contribution in [0.2, 0.25) is 0 Å². The van der Waals surface area contributed by atoms with Crippen molar-refractivity contribution in [1.29, 1.82) is 0 Å². The highest BCUT2D eigenvalue weighted by Crippen LogP contribution is 2.40. The molecule has 0 fully saturated rings. The average molecular weight is 700 g/mol. The van der Waals surface area contributed by atoms with Crippen LogP contribution in [0.5, 0.6) is 0 Å². The Morgan fingerprint density at radius 1 is 0.309 bits per heavy atom. The number of fused-ring (bicyclic) bond motifs is 7. The Hall–Kier alpha value is -7.36. The third-order valence-corrected chi connectivity index (χ3v) is 11.1. The summed E-state index contributed by atoms with van der Waals surface area (Å²) >= 11 is 0. The minimum atomic E-state index is 1.12. The van der Waals surface area contributed by atoms with E-state index < -0.39 is 0 Å². The maximum atomic E-state index is 4.34. The summed E-state index contributed by atoms with van der Waals surface area (Å²) in [4.78, 5) is 8.67. The molecule has 3 aromatic heterocycles. The zero-order valence-corrected chi connectivity index (χ0v) is 29.9. The van der Waals surface area contributed by atoms with Crippen LogP contribution in [0.3, 0.4) is 0 Å². The van der Waals surface area contributed by atoms with E-state index in [9.17, 15) is 0 Å². The Morgan fingerprint density at radius 2 is 0.764 bits per heavy atom. The zero-order chi connectivity index (χ0) is 36.3. The number of aromatic nitrogens is 3. The third-order valence-electron chi connectivity index (χ3n) is 11.1. The van der Waals surface area contributed by atoms with E-state index in [-0.39, 0.29) is 0 Å². The predicted octanol–water partition coefficient (Wildman–Crippen LogP) is 13.7. The fourth-order valence-corrected chi connectivity index (χ4v) is 8.32. The molecule has 0 radical (unpaired) electrons. The number of hydrogen-bond donors (Lipinski definition) is 0. The maximum absolute atomic E-state index is 4.34. The molecule has 0 aliphatic rings. The highest BCUT2D eigenvalue weighted by atomic mass is 15.0. The molecule has 0 saturated heterocycles. The third kappa shape index (κ3) is 5.36. The molecule has 3 heterocycles. The second-order valence-corrected chi connectivity index (χ2v) is 14.3. The second kappa shape index (κ2) is 12.6. The summed E-state index contributed by atoms with van der Waals surface area (Å²) in [5, 5.41) is 9.82. The minimum Gasteiger partial charge on any atom is -0.309 e. The lowest BCUT2D eigenvalue weighted by atomic mass is 9.96. The molecule has 0 aliphatic heterocycles. The van der Waals surface area contributed by atoms with Crippen molar-refractivity contribution in [3.63, 3.8) is 0 Å². The van der Waals surface area contributed by atoms with Gasteiger partial charge in [-0.1, -0.05) is 115 Å². The molecular weight excluding hydrogens is 667 g/mol. The predicted molar refractivity (Wildman–Crippen MR) is 231 cm³/mol. The summed E-state index contributed by atoms with van der Waals surface area (Å²) < 4.78 is 2.45. The molecule has 11 rings (SSSR count). The second-order valence-electron chi connectivity index (χ2n) is 14.3. The summed E-state index contributed by atoms with van der Waals surface area (Å²) in [5.41, 5.74) is 12.9. The largest absolute Gasteiger partial charge is 0.309 e. The van der Waals surface area contributed by atoms with Crippen LogP contribution in [0, 0.1) is 0 Å². The van der Waals surface area contributed by atoms with Gasteiger partial charge in [0.15, 0.2) is 0 Å². The van der Waals surface area contributed by atoms with Crippen LogP contribution >= 0.6 is 0 Å². The van der Waals surface area contributed by atoms with Gasteiger partial charge >= 0.3 is 0 Å². The number of para-hydroxylation sites is 1. The highest BCUT2D eigenvalue weighted by molar-refractivity contribution is 6.19. The van der Waals surface area contributed by atoms with E-state index in [0.29, 0.717) is 0 Å². The monoisotopic (exact) mass is 699 g/mol. The van der Waals surface area contributed by atoms with Crippen molar-refractivity contribution < 1.29 is 0 Å². The zero-order valence-electron chi connectivity index (χ0n) is 29.9. The van der Waals surface area contributed by atoms with Crippen LogP contribution in [-0.4, -0.2) is 14.5 Å². The molecule has 11 aromatic rings. The Morgan fingerprint density at radius 3 is 1.31 bits per heavy atom. The van der Waals surface area contributed by atoms with E-state index in [1.54, 1.807) is 0 Å². The fraction of sp³-hybridized carbons (Fsp3) is 0. The first-order valence-electron chi connectivity index (χ1n) is 18.7. The topological polar surface area (TPSA) is 30.7 Å². The average Bonchev–Trinajstić information content (AvgIpc) is 3.60. The first kappa shape index (κ1) is 31.2. The van der Waals surface area contributed by atoms with Gasteiger partial charge in [-0.15, -0.1) is 0 Å². The van der Waals surface area contributed by atoms with Crippen molar-refractivity contribution in [2.75, 3.05) is 0 Å². The van der Waals surface area contributed by atoms with Gasteiger partial charge in [-0.25, -0.2) is 0 Å². The van der Waals surface area contributed by atoms with Gasteiger partial charge in [0.25, 0.3) is 0 Å². The van der Waals surface area contributed by atoms with Crippen LogP contribution < -0.4 is 0 Å². The van der Waals surface area contributed by atoms with Crippen molar-refractivity contribution in [1.82, 2.24) is 14.5 Å². The van der Waals surface area contributed by atoms with E-state index in [0.717, 1.165) is 16.8 Å². The fourth-order valence-electron chi connectivity index (χ4n) is 8.32. The smallest absolute Gasteiger partial charge is 0.0619 e. The Balaban J connectivity index is 1.05. The van der Waals surface area contributed by atoms with Gasteiger partial charge in [0, 0.05) is 57.8 Å². The van der Waals surface area contributed by atoms with E-state index in [1.165, 1.54) is 87.5 Å². The Labute approximate surface area is 318 Å². The quantitative estimate of drug-likeness (QED) is 0.179. The summed E-state index contributed by atoms with van der Waals surface area (Å²) in [6, 6.07) is 64.3. The van der Waals surface area contributed by atoms with Crippen LogP contribution in [0.4, 0.5) is 0 Å². The van der Waals surface area contributed by atoms with Gasteiger partial charge in [0.2, 0.25) is 0 Å². The lowest BCUT2D eigenvalue weighted by molar-refractivity contribution is 1.19. The lowest BCUT2D eigenvalue weighted by Gasteiger charge is -2.12. The van der Waals surface area contributed by atoms with Gasteiger partial charge in [-0.05, 0) is 121 Å². The standard InChI is InChI=1S/C52H33N3/c1-2-8-47(9-3-1)55-51-31-41(37-15-11-35-13-17-40(30-46(35)28-37)44-7-5-25-54-33-44)19-22-49(51)50-23-20-42-26-38(18-21-48(42)52(50)55)36-14-10-34-12-16-39(29-45(34)27-36)43-6-4-24-53-32-43/h1-33H. The molecule has 55 heavy (non-hydrogen) atoms. The van der Waals surface area contributed by atoms with Gasteiger partial charge in [0.05, 0.1) is 11.0 Å². The van der Waals surface area contributed by atoms with Gasteiger partial charge in [0.1, 0.15) is 0 Å². The molecule has 3 heteroatoms. The van der Waals surface area contributed by atoms with Crippen LogP contribution in [-0.2, 0) is 0 Å². The molecule has 0 amide bonds. The maximum Gasteiger partial charge on any atom is 0.0619 e. The summed E-state index contributed by atoms with van der Waals surface area (Å²) in [6.45, 7) is 0. The van der Waals surface area contributed by atoms with Crippen molar-refractivity contribution >= 4 is 54.1 Å². The first-order chi connectivity index (χ1) is 27.2. The molecule has 0 atom stereocenters. The van der Waals surface area contributed by atoms with Crippen molar-refractivity contribution in [3.05, 3.63) is 201 Å². The van der Waals surface area contributed by atoms with Crippen molar-refractivity contribution in [2.45, 2.75) is 0 Å². The Kier molecular flexibility index (Phi) is 7.17. The Bertz CT molecular complexity index is 3240. The van der Waals surface area contributed by atoms with E-state index in [1.807, 2.05) is 36.9 Å². The van der Waals surface area contributed by atoms with E-state index in [4.69, 9.17) is 0 Å². The summed E-state index contributed by atoms with van der Waals surface area (Å²) in [7, 11) is 0. The van der Waals surface area contributed by atoms with Gasteiger partial charge in [-0.2, -0.15) is 0 Å². The first-order valence-corrected chi connectivity index (χ1v) is 18.7. The number of benzene rings is 8. The molecule has 0 aliphatic carbocycles. The van der Waals surface area contributed by atoms with Gasteiger partial charge in [-0.3, -0.25) is 9.97 Å². The summed E-state index contributed by atoms with van der Waals surface area (Å²) in [6.07, 6.45) is 7.49. The normalized spacial score (nSPS) is 11.6. The minimum absolute atomic E-state index is 1.12. The van der Waals surface area contributed by atoms with E-state index in [2.05, 4.69) is 178 Å². The molecule has 0 saturated carbocycles. The summed E-state index contributed by atoms with van der Waals surface area (Å²) in [5.74, 6) is 0. The van der Waals surface area contributed by atoms with Crippen LogP contribution in [0.25, 0.3) is 104 Å². The lowest BCUT2D eigenvalue weighted by Crippen LogP contribution is -1.94. The van der Waals surface area contributed by atoms with Crippen LogP contribution in [0.1, 0.15) is 0 Å². The van der Waals surface area contributed by atoms with Crippen molar-refractivity contribution in [2.24, 2.45) is 0 Å². The number of rotatable bonds is 5. The molecule has 256 valence electrons. The molecule has 3 nitrogen and oxygen atoms in total. The van der Waals surface area contributed by atoms with E-state index >= 15 is 0 Å². The molecule has 0 bridgehead atoms. The number of nitrogens with zero attached hydrogens (tertiary/aromatic N) is 3. The van der Waals surface area contributed by atoms with Gasteiger partial charge < -0.3 is 4.57 Å². The molecule has 0 spiro atoms.